The minimum atomic E-state index is -4.53. The molecule has 3 N–H and O–H groups in total. The van der Waals surface area contributed by atoms with E-state index in [0.717, 1.165) is 0 Å². The lowest BCUT2D eigenvalue weighted by Gasteiger charge is -2.17. The lowest BCUT2D eigenvalue weighted by molar-refractivity contribution is 0.0273. The van der Waals surface area contributed by atoms with Crippen LogP contribution in [0.25, 0.3) is 0 Å². The second-order valence-corrected chi connectivity index (χ2v) is 3.86. The first kappa shape index (κ1) is 10.1. The van der Waals surface area contributed by atoms with Gasteiger partial charge in [-0.15, -0.1) is 0 Å². The Kier molecular flexibility index (Phi) is 2.88. The molecular formula is C5H11O6P. The fourth-order valence-corrected chi connectivity index (χ4v) is 1.70. The molecule has 0 saturated carbocycles. The maximum atomic E-state index is 10.4. The average molecular weight is 198 g/mol. The van der Waals surface area contributed by atoms with Gasteiger partial charge in [-0.3, -0.25) is 4.52 Å². The monoisotopic (exact) mass is 198 g/mol. The first-order valence-electron chi connectivity index (χ1n) is 3.44. The molecule has 0 aromatic rings. The SMILES string of the molecule is C[C@@H]1OC[C@@H](O)[C@H]1OP(=O)(O)O. The summed E-state index contributed by atoms with van der Waals surface area (Å²) in [6, 6.07) is 0. The van der Waals surface area contributed by atoms with Crippen molar-refractivity contribution in [2.75, 3.05) is 6.61 Å². The van der Waals surface area contributed by atoms with Crippen LogP contribution in [-0.4, -0.2) is 39.8 Å². The average Bonchev–Trinajstić information content (AvgIpc) is 2.16. The van der Waals surface area contributed by atoms with Crippen molar-refractivity contribution in [3.63, 3.8) is 0 Å². The Morgan fingerprint density at radius 2 is 2.17 bits per heavy atom. The summed E-state index contributed by atoms with van der Waals surface area (Å²) in [5.74, 6) is 0. The van der Waals surface area contributed by atoms with Crippen molar-refractivity contribution < 1.29 is 28.7 Å². The van der Waals surface area contributed by atoms with E-state index in [0.29, 0.717) is 0 Å². The van der Waals surface area contributed by atoms with Gasteiger partial charge in [-0.25, -0.2) is 4.57 Å². The standard InChI is InChI=1S/C5H11O6P/c1-3-5(4(6)2-10-3)11-12(7,8)9/h3-6H,2H2,1H3,(H2,7,8,9)/t3-,4+,5-/m0/s1. The maximum absolute atomic E-state index is 10.4. The van der Waals surface area contributed by atoms with Crippen LogP contribution in [0.5, 0.6) is 0 Å². The predicted molar refractivity (Wildman–Crippen MR) is 38.3 cm³/mol. The van der Waals surface area contributed by atoms with Crippen LogP contribution in [-0.2, 0) is 13.8 Å². The number of hydrogen-bond donors (Lipinski definition) is 3. The fraction of sp³-hybridized carbons (Fsp3) is 1.00. The highest BCUT2D eigenvalue weighted by molar-refractivity contribution is 7.46. The Balaban J connectivity index is 2.56. The molecule has 7 heteroatoms. The van der Waals surface area contributed by atoms with Crippen LogP contribution in [0.1, 0.15) is 6.92 Å². The van der Waals surface area contributed by atoms with Gasteiger partial charge in [0.15, 0.2) is 0 Å². The highest BCUT2D eigenvalue weighted by atomic mass is 31.2. The summed E-state index contributed by atoms with van der Waals surface area (Å²) >= 11 is 0. The zero-order valence-electron chi connectivity index (χ0n) is 6.45. The van der Waals surface area contributed by atoms with Gasteiger partial charge in [-0.2, -0.15) is 0 Å². The van der Waals surface area contributed by atoms with E-state index in [1.807, 2.05) is 0 Å². The number of hydrogen-bond acceptors (Lipinski definition) is 4. The van der Waals surface area contributed by atoms with Gasteiger partial charge in [0.25, 0.3) is 0 Å². The summed E-state index contributed by atoms with van der Waals surface area (Å²) in [5.41, 5.74) is 0. The van der Waals surface area contributed by atoms with Gasteiger partial charge in [-0.1, -0.05) is 0 Å². The van der Waals surface area contributed by atoms with E-state index in [4.69, 9.17) is 19.6 Å². The number of phosphoric acid groups is 1. The van der Waals surface area contributed by atoms with Crippen LogP contribution in [0, 0.1) is 0 Å². The van der Waals surface area contributed by atoms with Crippen molar-refractivity contribution in [1.82, 2.24) is 0 Å². The first-order chi connectivity index (χ1) is 5.40. The molecule has 0 spiro atoms. The van der Waals surface area contributed by atoms with Crippen molar-refractivity contribution >= 4 is 7.82 Å². The molecule has 72 valence electrons. The number of rotatable bonds is 2. The summed E-state index contributed by atoms with van der Waals surface area (Å²) in [6.45, 7) is 1.63. The minimum absolute atomic E-state index is 0.0475. The lowest BCUT2D eigenvalue weighted by atomic mass is 10.2. The first-order valence-corrected chi connectivity index (χ1v) is 4.97. The van der Waals surface area contributed by atoms with E-state index in [1.54, 1.807) is 6.92 Å². The third-order valence-electron chi connectivity index (χ3n) is 1.63. The van der Waals surface area contributed by atoms with Crippen LogP contribution in [0.3, 0.4) is 0 Å². The third-order valence-corrected chi connectivity index (χ3v) is 2.15. The molecule has 1 fully saturated rings. The van der Waals surface area contributed by atoms with E-state index in [9.17, 15) is 4.57 Å². The molecule has 0 radical (unpaired) electrons. The third kappa shape index (κ3) is 2.52. The Bertz CT molecular complexity index is 190. The number of phosphoric ester groups is 1. The molecule has 1 saturated heterocycles. The molecular weight excluding hydrogens is 187 g/mol. The Labute approximate surface area is 69.4 Å². The molecule has 0 aliphatic carbocycles. The van der Waals surface area contributed by atoms with E-state index in [2.05, 4.69) is 4.52 Å². The van der Waals surface area contributed by atoms with Gasteiger partial charge < -0.3 is 19.6 Å². The zero-order chi connectivity index (χ0) is 9.35. The van der Waals surface area contributed by atoms with Gasteiger partial charge >= 0.3 is 7.82 Å². The Hall–Kier alpha value is 0.0300. The van der Waals surface area contributed by atoms with Crippen LogP contribution >= 0.6 is 7.82 Å². The quantitative estimate of drug-likeness (QED) is 0.505. The normalized spacial score (nSPS) is 37.2. The minimum Gasteiger partial charge on any atom is -0.388 e. The summed E-state index contributed by atoms with van der Waals surface area (Å²) < 4.78 is 19.6. The molecule has 1 aliphatic heterocycles. The predicted octanol–water partition coefficient (Wildman–Crippen LogP) is -0.756. The van der Waals surface area contributed by atoms with E-state index >= 15 is 0 Å². The molecule has 1 rings (SSSR count). The van der Waals surface area contributed by atoms with Crippen molar-refractivity contribution in [2.45, 2.75) is 25.2 Å². The van der Waals surface area contributed by atoms with Gasteiger partial charge in [0.2, 0.25) is 0 Å². The summed E-state index contributed by atoms with van der Waals surface area (Å²) in [7, 11) is -4.53. The lowest BCUT2D eigenvalue weighted by Crippen LogP contribution is -2.30. The molecule has 6 nitrogen and oxygen atoms in total. The molecule has 0 aromatic carbocycles. The highest BCUT2D eigenvalue weighted by Crippen LogP contribution is 2.40. The summed E-state index contributed by atoms with van der Waals surface area (Å²) in [6.07, 6.45) is -2.40. The molecule has 1 aliphatic rings. The summed E-state index contributed by atoms with van der Waals surface area (Å²) in [4.78, 5) is 16.9. The van der Waals surface area contributed by atoms with E-state index < -0.39 is 26.1 Å². The van der Waals surface area contributed by atoms with Crippen LogP contribution in [0.2, 0.25) is 0 Å². The van der Waals surface area contributed by atoms with Gasteiger partial charge in [0.05, 0.1) is 12.7 Å². The van der Waals surface area contributed by atoms with Crippen molar-refractivity contribution in [1.29, 1.82) is 0 Å². The smallest absolute Gasteiger partial charge is 0.388 e. The molecule has 0 unspecified atom stereocenters. The molecule has 0 aromatic heterocycles. The molecule has 1 heterocycles. The Morgan fingerprint density at radius 1 is 1.58 bits per heavy atom. The number of aliphatic hydroxyl groups is 1. The van der Waals surface area contributed by atoms with Crippen molar-refractivity contribution in [2.24, 2.45) is 0 Å². The topological polar surface area (TPSA) is 96.2 Å². The Morgan fingerprint density at radius 3 is 2.50 bits per heavy atom. The van der Waals surface area contributed by atoms with E-state index in [-0.39, 0.29) is 6.61 Å². The second kappa shape index (κ2) is 3.41. The maximum Gasteiger partial charge on any atom is 0.470 e. The second-order valence-electron chi connectivity index (χ2n) is 2.67. The van der Waals surface area contributed by atoms with Crippen molar-refractivity contribution in [3.8, 4) is 0 Å². The largest absolute Gasteiger partial charge is 0.470 e. The zero-order valence-corrected chi connectivity index (χ0v) is 7.35. The van der Waals surface area contributed by atoms with Gasteiger partial charge in [-0.05, 0) is 6.92 Å². The molecule has 12 heavy (non-hydrogen) atoms. The highest BCUT2D eigenvalue weighted by Gasteiger charge is 2.38. The molecule has 3 atom stereocenters. The number of aliphatic hydroxyl groups excluding tert-OH is 1. The van der Waals surface area contributed by atoms with Crippen LogP contribution in [0.15, 0.2) is 0 Å². The van der Waals surface area contributed by atoms with E-state index in [1.165, 1.54) is 0 Å². The van der Waals surface area contributed by atoms with Gasteiger partial charge in [0.1, 0.15) is 12.2 Å². The van der Waals surface area contributed by atoms with Crippen LogP contribution < -0.4 is 0 Å². The van der Waals surface area contributed by atoms with Gasteiger partial charge in [0, 0.05) is 0 Å². The molecule has 0 bridgehead atoms. The van der Waals surface area contributed by atoms with Crippen molar-refractivity contribution in [3.05, 3.63) is 0 Å². The number of ether oxygens (including phenoxy) is 1. The summed E-state index contributed by atoms with van der Waals surface area (Å²) in [5, 5.41) is 9.13. The van der Waals surface area contributed by atoms with Crippen LogP contribution in [0.4, 0.5) is 0 Å². The molecule has 0 amide bonds. The fourth-order valence-electron chi connectivity index (χ4n) is 1.07.